The quantitative estimate of drug-likeness (QED) is 0.518. The Balaban J connectivity index is 1.55. The zero-order valence-electron chi connectivity index (χ0n) is 15.5. The maximum atomic E-state index is 5.44. The van der Waals surface area contributed by atoms with Crippen molar-refractivity contribution >= 4 is 10.9 Å². The van der Waals surface area contributed by atoms with E-state index in [4.69, 9.17) is 4.52 Å². The Morgan fingerprint density at radius 3 is 2.57 bits per heavy atom. The fraction of sp³-hybridized carbons (Fsp3) is 0.158. The van der Waals surface area contributed by atoms with E-state index in [2.05, 4.69) is 35.4 Å². The molecule has 0 amide bonds. The molecule has 1 N–H and O–H groups in total. The number of nitrogens with zero attached hydrogens (tertiary/aromatic N) is 7. The van der Waals surface area contributed by atoms with Gasteiger partial charge in [-0.05, 0) is 39.0 Å². The molecule has 4 aromatic heterocycles. The number of aromatic nitrogens is 8. The molecule has 0 saturated carbocycles. The molecular weight excluding hydrogens is 356 g/mol. The van der Waals surface area contributed by atoms with Crippen LogP contribution in [-0.2, 0) is 0 Å². The summed E-state index contributed by atoms with van der Waals surface area (Å²) in [5, 5.41) is 16.8. The van der Waals surface area contributed by atoms with Gasteiger partial charge in [0.1, 0.15) is 5.69 Å². The van der Waals surface area contributed by atoms with Crippen molar-refractivity contribution in [2.75, 3.05) is 0 Å². The van der Waals surface area contributed by atoms with Gasteiger partial charge in [0, 0.05) is 22.5 Å². The topological polar surface area (TPSA) is 111 Å². The van der Waals surface area contributed by atoms with Crippen LogP contribution in [0.15, 0.2) is 40.9 Å². The molecule has 9 nitrogen and oxygen atoms in total. The Hall–Kier alpha value is -3.88. The summed E-state index contributed by atoms with van der Waals surface area (Å²) in [6.45, 7) is 5.78. The van der Waals surface area contributed by atoms with Crippen LogP contribution in [0.25, 0.3) is 40.0 Å². The lowest BCUT2D eigenvalue weighted by Gasteiger charge is -2.04. The molecule has 0 spiro atoms. The van der Waals surface area contributed by atoms with E-state index in [-0.39, 0.29) is 0 Å². The third-order valence-electron chi connectivity index (χ3n) is 4.37. The van der Waals surface area contributed by atoms with Gasteiger partial charge in [-0.25, -0.2) is 14.6 Å². The second-order valence-corrected chi connectivity index (χ2v) is 6.57. The van der Waals surface area contributed by atoms with Crippen LogP contribution in [0.2, 0.25) is 0 Å². The first-order valence-corrected chi connectivity index (χ1v) is 8.75. The van der Waals surface area contributed by atoms with Crippen molar-refractivity contribution in [3.8, 4) is 29.1 Å². The fourth-order valence-electron chi connectivity index (χ4n) is 3.14. The van der Waals surface area contributed by atoms with Crippen LogP contribution in [0, 0.1) is 20.8 Å². The number of hydrogen-bond acceptors (Lipinski definition) is 7. The molecule has 0 bridgehead atoms. The Bertz CT molecular complexity index is 1290. The molecule has 0 aliphatic rings. The third kappa shape index (κ3) is 2.64. The van der Waals surface area contributed by atoms with Gasteiger partial charge >= 0.3 is 0 Å². The number of nitrogens with one attached hydrogen (secondary N) is 1. The summed E-state index contributed by atoms with van der Waals surface area (Å²) in [5.41, 5.74) is 4.73. The van der Waals surface area contributed by atoms with Crippen molar-refractivity contribution < 1.29 is 4.52 Å². The number of hydrogen-bond donors (Lipinski definition) is 1. The first kappa shape index (κ1) is 16.3. The predicted molar refractivity (Wildman–Crippen MR) is 102 cm³/mol. The molecule has 5 rings (SSSR count). The highest BCUT2D eigenvalue weighted by Crippen LogP contribution is 2.26. The minimum absolute atomic E-state index is 0.313. The Labute approximate surface area is 159 Å². The van der Waals surface area contributed by atoms with E-state index in [1.807, 2.05) is 57.2 Å². The van der Waals surface area contributed by atoms with Gasteiger partial charge in [-0.1, -0.05) is 23.4 Å². The molecule has 138 valence electrons. The number of fused-ring (bicyclic) bond motifs is 1. The molecule has 28 heavy (non-hydrogen) atoms. The maximum Gasteiger partial charge on any atom is 0.278 e. The minimum Gasteiger partial charge on any atom is -0.332 e. The first-order chi connectivity index (χ1) is 13.6. The molecule has 4 heterocycles. The zero-order chi connectivity index (χ0) is 19.3. The van der Waals surface area contributed by atoms with Crippen molar-refractivity contribution in [1.82, 2.24) is 40.1 Å². The Morgan fingerprint density at radius 2 is 1.75 bits per heavy atom. The van der Waals surface area contributed by atoms with Crippen molar-refractivity contribution in [3.63, 3.8) is 0 Å². The normalized spacial score (nSPS) is 11.4. The Kier molecular flexibility index (Phi) is 3.54. The first-order valence-electron chi connectivity index (χ1n) is 8.75. The van der Waals surface area contributed by atoms with Gasteiger partial charge in [0.15, 0.2) is 5.69 Å². The zero-order valence-corrected chi connectivity index (χ0v) is 15.5. The lowest BCUT2D eigenvalue weighted by atomic mass is 10.2. The van der Waals surface area contributed by atoms with Crippen LogP contribution >= 0.6 is 0 Å². The van der Waals surface area contributed by atoms with Gasteiger partial charge in [-0.2, -0.15) is 15.2 Å². The fourth-order valence-corrected chi connectivity index (χ4v) is 3.14. The smallest absolute Gasteiger partial charge is 0.278 e. The number of aryl methyl sites for hydroxylation is 3. The second kappa shape index (κ2) is 6.08. The van der Waals surface area contributed by atoms with Crippen LogP contribution in [0.4, 0.5) is 0 Å². The molecule has 1 aromatic carbocycles. The molecule has 0 unspecified atom stereocenters. The summed E-state index contributed by atoms with van der Waals surface area (Å²) in [4.78, 5) is 13.4. The van der Waals surface area contributed by atoms with Crippen molar-refractivity contribution in [1.29, 1.82) is 0 Å². The molecule has 0 fully saturated rings. The van der Waals surface area contributed by atoms with Crippen molar-refractivity contribution in [2.45, 2.75) is 20.8 Å². The standard InChI is InChI=1S/C19H16N8O/c1-10-8-11(2)21-19(20-10)27-12(3)9-15(25-27)18-22-17(26-28-18)16-13-6-4-5-7-14(13)23-24-16/h4-9H,1-3H3,(H,23,24). The van der Waals surface area contributed by atoms with E-state index in [0.29, 0.717) is 29.1 Å². The summed E-state index contributed by atoms with van der Waals surface area (Å²) in [6.07, 6.45) is 0. The highest BCUT2D eigenvalue weighted by atomic mass is 16.5. The summed E-state index contributed by atoms with van der Waals surface area (Å²) in [6, 6.07) is 11.6. The molecule has 9 heteroatoms. The van der Waals surface area contributed by atoms with E-state index in [1.165, 1.54) is 0 Å². The number of rotatable bonds is 3. The predicted octanol–water partition coefficient (Wildman–Crippen LogP) is 3.18. The maximum absolute atomic E-state index is 5.44. The highest BCUT2D eigenvalue weighted by molar-refractivity contribution is 5.91. The van der Waals surface area contributed by atoms with Crippen molar-refractivity contribution in [3.05, 3.63) is 53.5 Å². The van der Waals surface area contributed by atoms with E-state index in [0.717, 1.165) is 28.0 Å². The van der Waals surface area contributed by atoms with Crippen LogP contribution in [-0.4, -0.2) is 40.1 Å². The minimum atomic E-state index is 0.313. The average Bonchev–Trinajstić information content (AvgIpc) is 3.38. The van der Waals surface area contributed by atoms with Gasteiger partial charge in [-0.15, -0.1) is 0 Å². The summed E-state index contributed by atoms with van der Waals surface area (Å²) in [7, 11) is 0. The number of para-hydroxylation sites is 1. The monoisotopic (exact) mass is 372 g/mol. The van der Waals surface area contributed by atoms with Gasteiger partial charge in [0.05, 0.1) is 5.52 Å². The molecule has 0 saturated heterocycles. The van der Waals surface area contributed by atoms with Gasteiger partial charge in [-0.3, -0.25) is 5.10 Å². The highest BCUT2D eigenvalue weighted by Gasteiger charge is 2.19. The molecule has 0 radical (unpaired) electrons. The van der Waals surface area contributed by atoms with Gasteiger partial charge in [0.2, 0.25) is 5.82 Å². The van der Waals surface area contributed by atoms with Crippen LogP contribution in [0.1, 0.15) is 17.1 Å². The Morgan fingerprint density at radius 1 is 0.964 bits per heavy atom. The van der Waals surface area contributed by atoms with E-state index >= 15 is 0 Å². The molecule has 5 aromatic rings. The summed E-state index contributed by atoms with van der Waals surface area (Å²) in [5.74, 6) is 1.23. The van der Waals surface area contributed by atoms with Gasteiger partial charge < -0.3 is 4.52 Å². The van der Waals surface area contributed by atoms with Crippen LogP contribution in [0.3, 0.4) is 0 Å². The lowest BCUT2D eigenvalue weighted by molar-refractivity contribution is 0.430. The van der Waals surface area contributed by atoms with Gasteiger partial charge in [0.25, 0.3) is 11.8 Å². The summed E-state index contributed by atoms with van der Waals surface area (Å²) >= 11 is 0. The largest absolute Gasteiger partial charge is 0.332 e. The van der Waals surface area contributed by atoms with Crippen LogP contribution < -0.4 is 0 Å². The van der Waals surface area contributed by atoms with E-state index < -0.39 is 0 Å². The van der Waals surface area contributed by atoms with Crippen molar-refractivity contribution in [2.24, 2.45) is 0 Å². The number of H-pyrrole nitrogens is 1. The third-order valence-corrected chi connectivity index (χ3v) is 4.37. The molecular formula is C19H16N8O. The van der Waals surface area contributed by atoms with E-state index in [1.54, 1.807) is 4.68 Å². The number of aromatic amines is 1. The lowest BCUT2D eigenvalue weighted by Crippen LogP contribution is -2.06. The number of benzene rings is 1. The SMILES string of the molecule is Cc1cc(C)nc(-n2nc(-c3nc(-c4n[nH]c5ccccc45)no3)cc2C)n1. The molecule has 0 aliphatic carbocycles. The average molecular weight is 372 g/mol. The molecule has 0 atom stereocenters. The summed E-state index contributed by atoms with van der Waals surface area (Å²) < 4.78 is 7.11. The van der Waals surface area contributed by atoms with Crippen LogP contribution in [0.5, 0.6) is 0 Å². The van der Waals surface area contributed by atoms with E-state index in [9.17, 15) is 0 Å². The second-order valence-electron chi connectivity index (χ2n) is 6.57. The molecule has 0 aliphatic heterocycles.